The molecule has 4 heteroatoms. The van der Waals surface area contributed by atoms with Crippen LogP contribution in [0.5, 0.6) is 0 Å². The Morgan fingerprint density at radius 1 is 1.05 bits per heavy atom. The number of aryl methyl sites for hydroxylation is 1. The maximum absolute atomic E-state index is 12.4. The maximum Gasteiger partial charge on any atom is 0.305 e. The van der Waals surface area contributed by atoms with Crippen molar-refractivity contribution in [2.75, 3.05) is 12.1 Å². The lowest BCUT2D eigenvalue weighted by Crippen LogP contribution is -2.39. The highest BCUT2D eigenvalue weighted by Crippen LogP contribution is 2.24. The van der Waals surface area contributed by atoms with E-state index >= 15 is 0 Å². The van der Waals surface area contributed by atoms with Crippen molar-refractivity contribution in [3.8, 4) is 0 Å². The van der Waals surface area contributed by atoms with Crippen LogP contribution in [0.15, 0.2) is 59.0 Å². The monoisotopic (exact) mass is 280 g/mol. The number of rotatable bonds is 3. The smallest absolute Gasteiger partial charge is 0.305 e. The Kier molecular flexibility index (Phi) is 3.36. The molecule has 0 aliphatic heterocycles. The molecule has 3 aromatic rings. The van der Waals surface area contributed by atoms with Gasteiger partial charge in [0.1, 0.15) is 5.58 Å². The van der Waals surface area contributed by atoms with Crippen LogP contribution < -0.4 is 10.4 Å². The maximum atomic E-state index is 12.4. The highest BCUT2D eigenvalue weighted by atomic mass is 16.3. The molecule has 106 valence electrons. The van der Waals surface area contributed by atoms with E-state index in [9.17, 15) is 4.79 Å². The first-order valence-corrected chi connectivity index (χ1v) is 6.74. The third kappa shape index (κ3) is 2.48. The SMILES string of the molecule is Cc1c(C(=O)NN(C)c2ccccc2)oc2ccccc12. The molecule has 0 fully saturated rings. The van der Waals surface area contributed by atoms with E-state index in [2.05, 4.69) is 5.43 Å². The fourth-order valence-electron chi connectivity index (χ4n) is 2.31. The van der Waals surface area contributed by atoms with E-state index in [1.165, 1.54) is 0 Å². The number of hydrogen-bond donors (Lipinski definition) is 1. The van der Waals surface area contributed by atoms with Gasteiger partial charge < -0.3 is 4.42 Å². The second-order valence-corrected chi connectivity index (χ2v) is 4.89. The Hall–Kier alpha value is -2.75. The van der Waals surface area contributed by atoms with E-state index in [-0.39, 0.29) is 5.91 Å². The Bertz CT molecular complexity index is 778. The molecule has 0 bridgehead atoms. The zero-order valence-corrected chi connectivity index (χ0v) is 12.0. The minimum atomic E-state index is -0.255. The number of nitrogens with zero attached hydrogens (tertiary/aromatic N) is 1. The molecule has 0 unspecified atom stereocenters. The molecule has 0 aliphatic rings. The van der Waals surface area contributed by atoms with Crippen molar-refractivity contribution in [1.29, 1.82) is 0 Å². The van der Waals surface area contributed by atoms with Crippen LogP contribution in [-0.2, 0) is 0 Å². The Morgan fingerprint density at radius 3 is 2.43 bits per heavy atom. The standard InChI is InChI=1S/C17H16N2O2/c1-12-14-10-6-7-11-15(14)21-16(12)17(20)18-19(2)13-8-4-3-5-9-13/h3-11H,1-2H3,(H,18,20). The molecule has 0 radical (unpaired) electrons. The number of benzene rings is 2. The minimum Gasteiger partial charge on any atom is -0.451 e. The number of furan rings is 1. The highest BCUT2D eigenvalue weighted by molar-refractivity contribution is 5.99. The van der Waals surface area contributed by atoms with Crippen LogP contribution in [0.4, 0.5) is 5.69 Å². The fraction of sp³-hybridized carbons (Fsp3) is 0.118. The summed E-state index contributed by atoms with van der Waals surface area (Å²) in [4.78, 5) is 12.4. The molecule has 0 atom stereocenters. The van der Waals surface area contributed by atoms with Crippen molar-refractivity contribution in [3.63, 3.8) is 0 Å². The first kappa shape index (κ1) is 13.2. The number of hydrogen-bond acceptors (Lipinski definition) is 3. The molecule has 0 saturated heterocycles. The van der Waals surface area contributed by atoms with Crippen molar-refractivity contribution in [2.45, 2.75) is 6.92 Å². The van der Waals surface area contributed by atoms with E-state index in [0.717, 1.165) is 22.2 Å². The van der Waals surface area contributed by atoms with Gasteiger partial charge in [-0.2, -0.15) is 0 Å². The predicted molar refractivity (Wildman–Crippen MR) is 83.3 cm³/mol. The molecule has 0 saturated carbocycles. The lowest BCUT2D eigenvalue weighted by atomic mass is 10.1. The van der Waals surface area contributed by atoms with Crippen LogP contribution in [0, 0.1) is 6.92 Å². The van der Waals surface area contributed by atoms with Gasteiger partial charge in [0.2, 0.25) is 0 Å². The molecular formula is C17H16N2O2. The molecule has 1 heterocycles. The number of amides is 1. The summed E-state index contributed by atoms with van der Waals surface area (Å²) in [7, 11) is 1.80. The second-order valence-electron chi connectivity index (χ2n) is 4.89. The van der Waals surface area contributed by atoms with E-state index in [0.29, 0.717) is 5.76 Å². The summed E-state index contributed by atoms with van der Waals surface area (Å²) >= 11 is 0. The lowest BCUT2D eigenvalue weighted by Gasteiger charge is -2.19. The van der Waals surface area contributed by atoms with Gasteiger partial charge in [-0.05, 0) is 25.1 Å². The molecule has 4 nitrogen and oxygen atoms in total. The van der Waals surface area contributed by atoms with Gasteiger partial charge in [0, 0.05) is 18.0 Å². The summed E-state index contributed by atoms with van der Waals surface area (Å²) < 4.78 is 5.66. The average molecular weight is 280 g/mol. The van der Waals surface area contributed by atoms with E-state index in [1.54, 1.807) is 12.1 Å². The molecule has 3 rings (SSSR count). The van der Waals surface area contributed by atoms with Crippen molar-refractivity contribution in [2.24, 2.45) is 0 Å². The van der Waals surface area contributed by atoms with Crippen LogP contribution in [0.25, 0.3) is 11.0 Å². The van der Waals surface area contributed by atoms with Gasteiger partial charge in [0.15, 0.2) is 5.76 Å². The predicted octanol–water partition coefficient (Wildman–Crippen LogP) is 3.52. The third-order valence-electron chi connectivity index (χ3n) is 3.46. The summed E-state index contributed by atoms with van der Waals surface area (Å²) in [6.07, 6.45) is 0. The summed E-state index contributed by atoms with van der Waals surface area (Å²) in [6.45, 7) is 1.89. The molecule has 1 aromatic heterocycles. The van der Waals surface area contributed by atoms with Crippen LogP contribution in [0.2, 0.25) is 0 Å². The third-order valence-corrected chi connectivity index (χ3v) is 3.46. The Balaban J connectivity index is 1.86. The van der Waals surface area contributed by atoms with Crippen LogP contribution in [0.3, 0.4) is 0 Å². The number of hydrazine groups is 1. The van der Waals surface area contributed by atoms with Gasteiger partial charge in [-0.25, -0.2) is 0 Å². The summed E-state index contributed by atoms with van der Waals surface area (Å²) in [6, 6.07) is 17.3. The van der Waals surface area contributed by atoms with Gasteiger partial charge >= 0.3 is 5.91 Å². The van der Waals surface area contributed by atoms with Crippen molar-refractivity contribution >= 4 is 22.6 Å². The second kappa shape index (κ2) is 5.32. The molecule has 1 N–H and O–H groups in total. The van der Waals surface area contributed by atoms with Gasteiger partial charge in [0.05, 0.1) is 5.69 Å². The van der Waals surface area contributed by atoms with Crippen molar-refractivity contribution in [3.05, 3.63) is 65.9 Å². The molecular weight excluding hydrogens is 264 g/mol. The molecule has 21 heavy (non-hydrogen) atoms. The van der Waals surface area contributed by atoms with Gasteiger partial charge in [0.25, 0.3) is 0 Å². The Labute approximate surface area is 123 Å². The van der Waals surface area contributed by atoms with Crippen LogP contribution in [0.1, 0.15) is 16.1 Å². The number of fused-ring (bicyclic) bond motifs is 1. The fourth-order valence-corrected chi connectivity index (χ4v) is 2.31. The number of carbonyl (C=O) groups is 1. The first-order valence-electron chi connectivity index (χ1n) is 6.74. The zero-order valence-electron chi connectivity index (χ0n) is 12.0. The molecule has 0 spiro atoms. The van der Waals surface area contributed by atoms with Gasteiger partial charge in [-0.15, -0.1) is 0 Å². The van der Waals surface area contributed by atoms with Crippen molar-refractivity contribution < 1.29 is 9.21 Å². The Morgan fingerprint density at radius 2 is 1.71 bits per heavy atom. The number of carbonyl (C=O) groups excluding carboxylic acids is 1. The highest BCUT2D eigenvalue weighted by Gasteiger charge is 2.18. The normalized spacial score (nSPS) is 10.6. The van der Waals surface area contributed by atoms with E-state index in [1.807, 2.05) is 61.5 Å². The first-order chi connectivity index (χ1) is 10.2. The number of para-hydroxylation sites is 2. The van der Waals surface area contributed by atoms with Crippen LogP contribution in [-0.4, -0.2) is 13.0 Å². The van der Waals surface area contributed by atoms with E-state index in [4.69, 9.17) is 4.42 Å². The lowest BCUT2D eigenvalue weighted by molar-refractivity contribution is 0.0925. The average Bonchev–Trinajstić information content (AvgIpc) is 2.86. The molecule has 2 aromatic carbocycles. The molecule has 0 aliphatic carbocycles. The molecule has 1 amide bonds. The van der Waals surface area contributed by atoms with Gasteiger partial charge in [-0.1, -0.05) is 36.4 Å². The van der Waals surface area contributed by atoms with Crippen LogP contribution >= 0.6 is 0 Å². The van der Waals surface area contributed by atoms with Gasteiger partial charge in [-0.3, -0.25) is 15.2 Å². The topological polar surface area (TPSA) is 45.5 Å². The van der Waals surface area contributed by atoms with Crippen molar-refractivity contribution in [1.82, 2.24) is 5.43 Å². The largest absolute Gasteiger partial charge is 0.451 e. The quantitative estimate of drug-likeness (QED) is 0.747. The number of anilines is 1. The zero-order chi connectivity index (χ0) is 14.8. The van der Waals surface area contributed by atoms with E-state index < -0.39 is 0 Å². The summed E-state index contributed by atoms with van der Waals surface area (Å²) in [5, 5.41) is 2.64. The number of nitrogens with one attached hydrogen (secondary N) is 1. The summed E-state index contributed by atoms with van der Waals surface area (Å²) in [5.41, 5.74) is 5.29. The minimum absolute atomic E-state index is 0.255. The summed E-state index contributed by atoms with van der Waals surface area (Å²) in [5.74, 6) is 0.0917.